The average Bonchev–Trinajstić information content (AvgIpc) is 3.26. The number of fused-ring (bicyclic) bond motifs is 2. The number of furan rings is 1. The maximum atomic E-state index is 10.8. The van der Waals surface area contributed by atoms with Crippen molar-refractivity contribution < 1.29 is 13.9 Å². The van der Waals surface area contributed by atoms with Crippen molar-refractivity contribution in [2.75, 3.05) is 6.61 Å². The zero-order valence-electron chi connectivity index (χ0n) is 14.2. The van der Waals surface area contributed by atoms with E-state index < -0.39 is 0 Å². The SMILES string of the molecule is CC.O=Cc1cc2ccc(CCc3ccc4c(c3)CCO4)cc2o1. The molecule has 3 nitrogen and oxygen atoms in total. The van der Waals surface area contributed by atoms with E-state index in [0.717, 1.165) is 48.9 Å². The quantitative estimate of drug-likeness (QED) is 0.635. The minimum atomic E-state index is 0.380. The smallest absolute Gasteiger partial charge is 0.185 e. The molecule has 0 bridgehead atoms. The number of ether oxygens (including phenoxy) is 1. The molecule has 3 heteroatoms. The monoisotopic (exact) mass is 322 g/mol. The molecule has 24 heavy (non-hydrogen) atoms. The van der Waals surface area contributed by atoms with Crippen LogP contribution in [0.25, 0.3) is 11.0 Å². The van der Waals surface area contributed by atoms with Gasteiger partial charge in [0.25, 0.3) is 0 Å². The van der Waals surface area contributed by atoms with Crippen LogP contribution in [0.3, 0.4) is 0 Å². The number of aryl methyl sites for hydroxylation is 2. The van der Waals surface area contributed by atoms with Crippen LogP contribution in [0.5, 0.6) is 5.75 Å². The van der Waals surface area contributed by atoms with Crippen molar-refractivity contribution in [2.24, 2.45) is 0 Å². The Kier molecular flexibility index (Phi) is 4.99. The molecule has 1 aliphatic heterocycles. The van der Waals surface area contributed by atoms with Crippen LogP contribution in [-0.4, -0.2) is 12.9 Å². The van der Waals surface area contributed by atoms with E-state index in [1.165, 1.54) is 16.7 Å². The van der Waals surface area contributed by atoms with Gasteiger partial charge in [0.2, 0.25) is 0 Å². The normalized spacial score (nSPS) is 12.2. The minimum absolute atomic E-state index is 0.380. The lowest BCUT2D eigenvalue weighted by molar-refractivity contribution is 0.110. The summed E-state index contributed by atoms with van der Waals surface area (Å²) in [6, 6.07) is 14.4. The third-order valence-electron chi connectivity index (χ3n) is 4.18. The van der Waals surface area contributed by atoms with E-state index in [4.69, 9.17) is 9.15 Å². The molecule has 2 aromatic carbocycles. The van der Waals surface area contributed by atoms with Gasteiger partial charge in [-0.25, -0.2) is 0 Å². The van der Waals surface area contributed by atoms with Crippen LogP contribution >= 0.6 is 0 Å². The molecule has 0 spiro atoms. The van der Waals surface area contributed by atoms with Crippen LogP contribution in [0.15, 0.2) is 46.9 Å². The van der Waals surface area contributed by atoms with Crippen molar-refractivity contribution in [2.45, 2.75) is 33.1 Å². The molecule has 0 saturated carbocycles. The Morgan fingerprint density at radius 2 is 1.75 bits per heavy atom. The van der Waals surface area contributed by atoms with Crippen LogP contribution in [0, 0.1) is 0 Å². The highest BCUT2D eigenvalue weighted by Crippen LogP contribution is 2.26. The van der Waals surface area contributed by atoms with E-state index in [-0.39, 0.29) is 0 Å². The Labute approximate surface area is 142 Å². The Bertz CT molecular complexity index is 845. The molecule has 0 atom stereocenters. The lowest BCUT2D eigenvalue weighted by Crippen LogP contribution is -1.92. The van der Waals surface area contributed by atoms with Crippen LogP contribution in [0.4, 0.5) is 0 Å². The molecule has 0 radical (unpaired) electrons. The third kappa shape index (κ3) is 3.35. The average molecular weight is 322 g/mol. The summed E-state index contributed by atoms with van der Waals surface area (Å²) in [7, 11) is 0. The van der Waals surface area contributed by atoms with E-state index in [0.29, 0.717) is 5.76 Å². The van der Waals surface area contributed by atoms with E-state index in [9.17, 15) is 4.79 Å². The van der Waals surface area contributed by atoms with E-state index in [2.05, 4.69) is 24.3 Å². The van der Waals surface area contributed by atoms with Gasteiger partial charge >= 0.3 is 0 Å². The Morgan fingerprint density at radius 3 is 2.54 bits per heavy atom. The van der Waals surface area contributed by atoms with E-state index >= 15 is 0 Å². The van der Waals surface area contributed by atoms with Gasteiger partial charge in [-0.3, -0.25) is 4.79 Å². The molecule has 0 N–H and O–H groups in total. The molecule has 124 valence electrons. The highest BCUT2D eigenvalue weighted by molar-refractivity contribution is 5.85. The summed E-state index contributed by atoms with van der Waals surface area (Å²) < 4.78 is 11.0. The number of carbonyl (C=O) groups excluding carboxylic acids is 1. The Morgan fingerprint density at radius 1 is 1.00 bits per heavy atom. The first-order chi connectivity index (χ1) is 11.8. The van der Waals surface area contributed by atoms with Crippen LogP contribution in [0.1, 0.15) is 41.1 Å². The fourth-order valence-corrected chi connectivity index (χ4v) is 2.99. The minimum Gasteiger partial charge on any atom is -0.493 e. The van der Waals surface area contributed by atoms with Gasteiger partial charge in [0.15, 0.2) is 12.0 Å². The van der Waals surface area contributed by atoms with Crippen molar-refractivity contribution in [3.8, 4) is 5.75 Å². The Hall–Kier alpha value is -2.55. The summed E-state index contributed by atoms with van der Waals surface area (Å²) in [5, 5.41) is 0.973. The van der Waals surface area contributed by atoms with Gasteiger partial charge in [-0.05, 0) is 47.7 Å². The van der Waals surface area contributed by atoms with E-state index in [1.54, 1.807) is 6.07 Å². The van der Waals surface area contributed by atoms with Gasteiger partial charge in [0.05, 0.1) is 6.61 Å². The molecule has 3 aromatic rings. The summed E-state index contributed by atoms with van der Waals surface area (Å²) in [6.07, 6.45) is 3.69. The molecule has 0 saturated heterocycles. The van der Waals surface area contributed by atoms with Crippen molar-refractivity contribution in [3.63, 3.8) is 0 Å². The van der Waals surface area contributed by atoms with E-state index in [1.807, 2.05) is 26.0 Å². The zero-order chi connectivity index (χ0) is 16.9. The summed E-state index contributed by atoms with van der Waals surface area (Å²) >= 11 is 0. The van der Waals surface area contributed by atoms with Gasteiger partial charge in [-0.15, -0.1) is 0 Å². The molecular weight excluding hydrogens is 300 g/mol. The highest BCUT2D eigenvalue weighted by Gasteiger charge is 2.12. The molecule has 0 aliphatic carbocycles. The fourth-order valence-electron chi connectivity index (χ4n) is 2.99. The van der Waals surface area contributed by atoms with Crippen LogP contribution in [-0.2, 0) is 19.3 Å². The predicted octanol–water partition coefficient (Wildman–Crippen LogP) is 4.99. The first kappa shape index (κ1) is 16.3. The second kappa shape index (κ2) is 7.35. The second-order valence-electron chi connectivity index (χ2n) is 5.68. The van der Waals surface area contributed by atoms with Gasteiger partial charge in [0.1, 0.15) is 11.3 Å². The summed E-state index contributed by atoms with van der Waals surface area (Å²) in [6.45, 7) is 4.80. The second-order valence-corrected chi connectivity index (χ2v) is 5.68. The van der Waals surface area contributed by atoms with Crippen molar-refractivity contribution in [1.29, 1.82) is 0 Å². The van der Waals surface area contributed by atoms with Crippen molar-refractivity contribution >= 4 is 17.3 Å². The zero-order valence-corrected chi connectivity index (χ0v) is 14.2. The largest absolute Gasteiger partial charge is 0.493 e. The number of hydrogen-bond donors (Lipinski definition) is 0. The molecule has 1 aromatic heterocycles. The molecule has 0 fully saturated rings. The fraction of sp³-hybridized carbons (Fsp3) is 0.286. The lowest BCUT2D eigenvalue weighted by atomic mass is 10.0. The van der Waals surface area contributed by atoms with Crippen LogP contribution in [0.2, 0.25) is 0 Å². The summed E-state index contributed by atoms with van der Waals surface area (Å²) in [5.74, 6) is 1.41. The molecule has 0 unspecified atom stereocenters. The number of carbonyl (C=O) groups is 1. The van der Waals surface area contributed by atoms with Crippen LogP contribution < -0.4 is 4.74 Å². The molecule has 1 aliphatic rings. The molecule has 0 amide bonds. The molecular formula is C21H22O3. The van der Waals surface area contributed by atoms with Gasteiger partial charge in [-0.1, -0.05) is 38.1 Å². The van der Waals surface area contributed by atoms with Crippen molar-refractivity contribution in [3.05, 3.63) is 64.9 Å². The molecule has 4 rings (SSSR count). The molecule has 2 heterocycles. The number of benzene rings is 2. The highest BCUT2D eigenvalue weighted by atomic mass is 16.5. The number of rotatable bonds is 4. The number of aldehydes is 1. The van der Waals surface area contributed by atoms with Gasteiger partial charge in [-0.2, -0.15) is 0 Å². The Balaban J connectivity index is 0.000000815. The topological polar surface area (TPSA) is 39.4 Å². The third-order valence-corrected chi connectivity index (χ3v) is 4.18. The summed E-state index contributed by atoms with van der Waals surface area (Å²) in [4.78, 5) is 10.8. The lowest BCUT2D eigenvalue weighted by Gasteiger charge is -2.05. The number of hydrogen-bond acceptors (Lipinski definition) is 3. The maximum absolute atomic E-state index is 10.8. The maximum Gasteiger partial charge on any atom is 0.185 e. The first-order valence-corrected chi connectivity index (χ1v) is 8.54. The van der Waals surface area contributed by atoms with Gasteiger partial charge < -0.3 is 9.15 Å². The summed E-state index contributed by atoms with van der Waals surface area (Å²) in [5.41, 5.74) is 4.64. The first-order valence-electron chi connectivity index (χ1n) is 8.54. The predicted molar refractivity (Wildman–Crippen MR) is 96.0 cm³/mol. The standard InChI is InChI=1S/C19H16O3.C2H6/c20-12-17-11-15-5-3-14(10-19(15)22-17)2-1-13-4-6-18-16(9-13)7-8-21-18;1-2/h3-6,9-12H,1-2,7-8H2;1-2H3. The van der Waals surface area contributed by atoms with Crippen molar-refractivity contribution in [1.82, 2.24) is 0 Å². The van der Waals surface area contributed by atoms with Gasteiger partial charge in [0, 0.05) is 11.8 Å².